The first-order chi connectivity index (χ1) is 19.5. The molecule has 5 rings (SSSR count). The van der Waals surface area contributed by atoms with Crippen molar-refractivity contribution in [1.29, 1.82) is 5.26 Å². The summed E-state index contributed by atoms with van der Waals surface area (Å²) in [6.07, 6.45) is -0.974. The predicted molar refractivity (Wildman–Crippen MR) is 151 cm³/mol. The number of esters is 1. The molecule has 0 fully saturated rings. The van der Waals surface area contributed by atoms with Crippen LogP contribution in [-0.4, -0.2) is 36.9 Å². The highest BCUT2D eigenvalue weighted by molar-refractivity contribution is 6.30. The summed E-state index contributed by atoms with van der Waals surface area (Å²) in [6.45, 7) is 2.91. The van der Waals surface area contributed by atoms with Crippen molar-refractivity contribution >= 4 is 34.6 Å². The smallest absolute Gasteiger partial charge is 0.416 e. The average molecular weight is 582 g/mol. The molecule has 212 valence electrons. The van der Waals surface area contributed by atoms with Crippen LogP contribution in [0.1, 0.15) is 36.1 Å². The summed E-state index contributed by atoms with van der Waals surface area (Å²) in [7, 11) is 1.27. The fourth-order valence-corrected chi connectivity index (χ4v) is 5.64. The maximum absolute atomic E-state index is 13.8. The lowest BCUT2D eigenvalue weighted by Crippen LogP contribution is -2.67. The number of carbonyl (C=O) groups is 1. The van der Waals surface area contributed by atoms with Gasteiger partial charge in [-0.15, -0.1) is 0 Å². The Morgan fingerprint density at radius 3 is 2.51 bits per heavy atom. The van der Waals surface area contributed by atoms with Crippen molar-refractivity contribution in [3.05, 3.63) is 101 Å². The zero-order valence-electron chi connectivity index (χ0n) is 22.3. The van der Waals surface area contributed by atoms with E-state index < -0.39 is 29.5 Å². The lowest BCUT2D eigenvalue weighted by molar-refractivity contribution is -0.141. The molecular formula is C30H27ClF3N5O2. The maximum Gasteiger partial charge on any atom is 0.416 e. The topological polar surface area (TPSA) is 71.8 Å². The molecule has 0 saturated carbocycles. The number of alkyl halides is 3. The molecule has 0 aromatic heterocycles. The molecule has 0 aliphatic carbocycles. The number of methoxy groups -OCH3 is 1. The summed E-state index contributed by atoms with van der Waals surface area (Å²) in [6, 6.07) is 18.9. The van der Waals surface area contributed by atoms with Gasteiger partial charge in [-0.05, 0) is 67.1 Å². The van der Waals surface area contributed by atoms with Crippen LogP contribution < -0.4 is 15.1 Å². The van der Waals surface area contributed by atoms with Gasteiger partial charge in [0.2, 0.25) is 0 Å². The van der Waals surface area contributed by atoms with Gasteiger partial charge in [-0.3, -0.25) is 4.79 Å². The Bertz CT molecular complexity index is 1540. The zero-order chi connectivity index (χ0) is 29.4. The number of carbonyl (C=O) groups excluding carboxylic acids is 1. The molecule has 1 N–H and O–H groups in total. The fourth-order valence-electron chi connectivity index (χ4n) is 5.45. The van der Waals surface area contributed by atoms with Gasteiger partial charge in [0.05, 0.1) is 36.8 Å². The van der Waals surface area contributed by atoms with Gasteiger partial charge in [-0.1, -0.05) is 23.7 Å². The Morgan fingerprint density at radius 2 is 1.85 bits per heavy atom. The highest BCUT2D eigenvalue weighted by Crippen LogP contribution is 2.47. The lowest BCUT2D eigenvalue weighted by Gasteiger charge is -2.57. The van der Waals surface area contributed by atoms with Crippen molar-refractivity contribution in [2.75, 3.05) is 35.3 Å². The minimum Gasteiger partial charge on any atom is -0.469 e. The normalized spacial score (nSPS) is 20.2. The molecular weight excluding hydrogens is 555 g/mol. The van der Waals surface area contributed by atoms with E-state index in [1.54, 1.807) is 35.2 Å². The number of hydrogen-bond acceptors (Lipinski definition) is 7. The molecule has 3 aromatic rings. The van der Waals surface area contributed by atoms with E-state index in [4.69, 9.17) is 16.3 Å². The van der Waals surface area contributed by atoms with Gasteiger partial charge < -0.3 is 24.8 Å². The van der Waals surface area contributed by atoms with Crippen molar-refractivity contribution in [1.82, 2.24) is 4.90 Å². The molecule has 7 nitrogen and oxygen atoms in total. The van der Waals surface area contributed by atoms with Crippen LogP contribution in [0.4, 0.5) is 30.2 Å². The van der Waals surface area contributed by atoms with E-state index in [9.17, 15) is 23.2 Å². The highest BCUT2D eigenvalue weighted by atomic mass is 35.5. The van der Waals surface area contributed by atoms with Crippen molar-refractivity contribution in [2.24, 2.45) is 0 Å². The monoisotopic (exact) mass is 581 g/mol. The van der Waals surface area contributed by atoms with Gasteiger partial charge in [0.1, 0.15) is 0 Å². The number of benzene rings is 3. The quantitative estimate of drug-likeness (QED) is 0.335. The lowest BCUT2D eigenvalue weighted by atomic mass is 9.91. The Kier molecular flexibility index (Phi) is 7.49. The van der Waals surface area contributed by atoms with Gasteiger partial charge in [0.25, 0.3) is 0 Å². The summed E-state index contributed by atoms with van der Waals surface area (Å²) in [4.78, 5) is 18.5. The molecule has 0 saturated heterocycles. The molecule has 11 heteroatoms. The minimum absolute atomic E-state index is 0.155. The first-order valence-corrected chi connectivity index (χ1v) is 13.2. The number of rotatable bonds is 5. The van der Waals surface area contributed by atoms with Crippen LogP contribution >= 0.6 is 11.6 Å². The van der Waals surface area contributed by atoms with Gasteiger partial charge in [0.15, 0.2) is 5.79 Å². The number of halogens is 4. The maximum atomic E-state index is 13.8. The van der Waals surface area contributed by atoms with Crippen LogP contribution in [0.2, 0.25) is 5.02 Å². The largest absolute Gasteiger partial charge is 0.469 e. The van der Waals surface area contributed by atoms with E-state index in [0.29, 0.717) is 34.9 Å². The predicted octanol–water partition coefficient (Wildman–Crippen LogP) is 6.73. The average Bonchev–Trinajstić information content (AvgIpc) is 2.96. The number of nitrogens with one attached hydrogen (secondary N) is 1. The standard InChI is InChI=1S/C30H27ClF3N5O2/c1-29(38-13-11-37(12-14-38)23-7-4-6-22(31)17-23)36-26-10-9-20(19-35)15-25(26)27(18-28(40)41-2)39(29)24-8-3-5-21(16-24)30(32,33)34/h3-11,13,15-17,27,36H,12,14,18H2,1-2H3. The van der Waals surface area contributed by atoms with E-state index >= 15 is 0 Å². The van der Waals surface area contributed by atoms with E-state index in [1.165, 1.54) is 13.2 Å². The summed E-state index contributed by atoms with van der Waals surface area (Å²) >= 11 is 6.19. The highest BCUT2D eigenvalue weighted by Gasteiger charge is 2.47. The molecule has 0 spiro atoms. The third kappa shape index (κ3) is 5.50. The number of anilines is 3. The number of ether oxygens (including phenoxy) is 1. The molecule has 2 aliphatic rings. The Labute approximate surface area is 241 Å². The van der Waals surface area contributed by atoms with E-state index in [-0.39, 0.29) is 12.1 Å². The van der Waals surface area contributed by atoms with Gasteiger partial charge >= 0.3 is 12.1 Å². The second-order valence-electron chi connectivity index (χ2n) is 9.94. The molecule has 0 radical (unpaired) electrons. The Balaban J connectivity index is 1.65. The van der Waals surface area contributed by atoms with Crippen molar-refractivity contribution < 1.29 is 22.7 Å². The number of hydrogen-bond donors (Lipinski definition) is 1. The molecule has 2 atom stereocenters. The summed E-state index contributed by atoms with van der Waals surface area (Å²) in [5, 5.41) is 13.7. The molecule has 2 unspecified atom stereocenters. The van der Waals surface area contributed by atoms with Gasteiger partial charge in [-0.2, -0.15) is 18.4 Å². The summed E-state index contributed by atoms with van der Waals surface area (Å²) in [5.41, 5.74) is 1.97. The minimum atomic E-state index is -4.57. The molecule has 41 heavy (non-hydrogen) atoms. The number of nitriles is 1. The van der Waals surface area contributed by atoms with Gasteiger partial charge in [0, 0.05) is 47.6 Å². The van der Waals surface area contributed by atoms with E-state index in [1.807, 2.05) is 47.3 Å². The van der Waals surface area contributed by atoms with Gasteiger partial charge in [-0.25, -0.2) is 0 Å². The van der Waals surface area contributed by atoms with Crippen LogP contribution in [0.25, 0.3) is 0 Å². The Morgan fingerprint density at radius 1 is 1.10 bits per heavy atom. The molecule has 3 aromatic carbocycles. The fraction of sp³-hybridized carbons (Fsp3) is 0.267. The van der Waals surface area contributed by atoms with Crippen molar-refractivity contribution in [3.63, 3.8) is 0 Å². The van der Waals surface area contributed by atoms with Crippen LogP contribution in [-0.2, 0) is 15.7 Å². The van der Waals surface area contributed by atoms with Crippen LogP contribution in [0.5, 0.6) is 0 Å². The first kappa shape index (κ1) is 28.2. The third-order valence-corrected chi connectivity index (χ3v) is 7.67. The Hall–Kier alpha value is -4.36. The van der Waals surface area contributed by atoms with E-state index in [2.05, 4.69) is 11.4 Å². The zero-order valence-corrected chi connectivity index (χ0v) is 23.1. The number of nitrogens with zero attached hydrogens (tertiary/aromatic N) is 4. The van der Waals surface area contributed by atoms with Crippen LogP contribution in [0.3, 0.4) is 0 Å². The molecule has 0 amide bonds. The van der Waals surface area contributed by atoms with Crippen LogP contribution in [0.15, 0.2) is 79.1 Å². The second kappa shape index (κ2) is 10.9. The molecule has 2 heterocycles. The second-order valence-corrected chi connectivity index (χ2v) is 10.4. The number of fused-ring (bicyclic) bond motifs is 1. The summed E-state index contributed by atoms with van der Waals surface area (Å²) < 4.78 is 46.5. The van der Waals surface area contributed by atoms with E-state index in [0.717, 1.165) is 17.8 Å². The van der Waals surface area contributed by atoms with Crippen molar-refractivity contribution in [3.8, 4) is 6.07 Å². The van der Waals surface area contributed by atoms with Crippen LogP contribution in [0, 0.1) is 11.3 Å². The van der Waals surface area contributed by atoms with Crippen molar-refractivity contribution in [2.45, 2.75) is 31.3 Å². The SMILES string of the molecule is COC(=O)CC1c2cc(C#N)ccc2NC(C)(N2C=CN(c3cccc(Cl)c3)CC2)N1c1cccc(C(F)(F)F)c1. The first-order valence-electron chi connectivity index (χ1n) is 12.9. The third-order valence-electron chi connectivity index (χ3n) is 7.44. The molecule has 0 bridgehead atoms. The molecule has 2 aliphatic heterocycles. The summed E-state index contributed by atoms with van der Waals surface area (Å²) in [5.74, 6) is -1.66.